The summed E-state index contributed by atoms with van der Waals surface area (Å²) in [6, 6.07) is 7.14. The van der Waals surface area contributed by atoms with Crippen LogP contribution in [-0.2, 0) is 4.79 Å². The van der Waals surface area contributed by atoms with E-state index in [1.165, 1.54) is 0 Å². The van der Waals surface area contributed by atoms with Crippen LogP contribution in [0.15, 0.2) is 34.7 Å². The van der Waals surface area contributed by atoms with Gasteiger partial charge in [0.15, 0.2) is 0 Å². The molecule has 1 aliphatic heterocycles. The van der Waals surface area contributed by atoms with Crippen molar-refractivity contribution in [1.82, 2.24) is 5.43 Å². The number of benzene rings is 1. The fourth-order valence-corrected chi connectivity index (χ4v) is 1.77. The van der Waals surface area contributed by atoms with Crippen molar-refractivity contribution in [3.63, 3.8) is 0 Å². The zero-order valence-electron chi connectivity index (χ0n) is 9.30. The van der Waals surface area contributed by atoms with Gasteiger partial charge in [0.25, 0.3) is 0 Å². The highest BCUT2D eigenvalue weighted by Gasteiger charge is 2.21. The van der Waals surface area contributed by atoms with Crippen LogP contribution >= 0.6 is 0 Å². The van der Waals surface area contributed by atoms with Crippen molar-refractivity contribution in [3.05, 3.63) is 34.7 Å². The summed E-state index contributed by atoms with van der Waals surface area (Å²) in [4.78, 5) is 21.1. The number of nitrogens with one attached hydrogen (secondary N) is 2. The van der Waals surface area contributed by atoms with Gasteiger partial charge < -0.3 is 0 Å². The second-order valence-corrected chi connectivity index (χ2v) is 3.92. The van der Waals surface area contributed by atoms with E-state index in [4.69, 9.17) is 0 Å². The van der Waals surface area contributed by atoms with E-state index in [1.54, 1.807) is 12.1 Å². The van der Waals surface area contributed by atoms with Crippen molar-refractivity contribution in [1.29, 1.82) is 0 Å². The normalized spacial score (nSPS) is 19.2. The minimum atomic E-state index is -0.0651. The minimum absolute atomic E-state index is 0.0651. The van der Waals surface area contributed by atoms with E-state index in [0.29, 0.717) is 12.1 Å². The molecule has 1 heterocycles. The maximum atomic E-state index is 11.1. The van der Waals surface area contributed by atoms with Gasteiger partial charge in [-0.15, -0.1) is 4.91 Å². The van der Waals surface area contributed by atoms with Gasteiger partial charge in [0.1, 0.15) is 0 Å². The van der Waals surface area contributed by atoms with Crippen LogP contribution in [0.5, 0.6) is 0 Å². The Bertz CT molecular complexity index is 467. The largest absolute Gasteiger partial charge is 0.273 e. The van der Waals surface area contributed by atoms with E-state index in [0.717, 1.165) is 11.3 Å². The zero-order chi connectivity index (χ0) is 12.3. The molecule has 6 heteroatoms. The number of carbonyl (C=O) groups is 1. The minimum Gasteiger partial charge on any atom is -0.273 e. The van der Waals surface area contributed by atoms with E-state index < -0.39 is 0 Å². The van der Waals surface area contributed by atoms with Gasteiger partial charge in [0.2, 0.25) is 5.91 Å². The molecule has 17 heavy (non-hydrogen) atoms. The molecule has 88 valence electrons. The van der Waals surface area contributed by atoms with Gasteiger partial charge in [-0.05, 0) is 17.7 Å². The molecule has 0 saturated carbocycles. The first kappa shape index (κ1) is 11.3. The van der Waals surface area contributed by atoms with Crippen molar-refractivity contribution in [3.8, 4) is 0 Å². The molecule has 2 rings (SSSR count). The molecule has 2 N–H and O–H groups in total. The van der Waals surface area contributed by atoms with Crippen LogP contribution < -0.4 is 10.9 Å². The average molecular weight is 232 g/mol. The Kier molecular flexibility index (Phi) is 3.13. The van der Waals surface area contributed by atoms with Crippen LogP contribution in [0.3, 0.4) is 0 Å². The number of hydrazone groups is 1. The Balaban J connectivity index is 2.22. The quantitative estimate of drug-likeness (QED) is 0.613. The van der Waals surface area contributed by atoms with Gasteiger partial charge in [0.05, 0.1) is 16.7 Å². The van der Waals surface area contributed by atoms with Crippen LogP contribution in [0.4, 0.5) is 5.69 Å². The van der Waals surface area contributed by atoms with Crippen molar-refractivity contribution in [2.45, 2.75) is 13.3 Å². The Morgan fingerprint density at radius 2 is 2.12 bits per heavy atom. The van der Waals surface area contributed by atoms with Gasteiger partial charge in [-0.3, -0.25) is 4.79 Å². The maximum absolute atomic E-state index is 11.1. The fraction of sp³-hybridized carbons (Fsp3) is 0.273. The summed E-state index contributed by atoms with van der Waals surface area (Å²) < 4.78 is 0. The molecular formula is C11H12N4O2. The standard InChI is InChI=1S/C11H12N4O2/c1-7-6-10(16)13-14-11(7)8-2-4-9(5-3-8)12-15-17/h2-5,7H,6H2,1H3,(H,12,17)(H,13,16). The summed E-state index contributed by atoms with van der Waals surface area (Å²) in [6.45, 7) is 1.96. The molecule has 0 aliphatic carbocycles. The molecule has 0 spiro atoms. The lowest BCUT2D eigenvalue weighted by Crippen LogP contribution is -2.31. The first-order chi connectivity index (χ1) is 8.20. The third-order valence-electron chi connectivity index (χ3n) is 2.61. The molecule has 1 aromatic carbocycles. The zero-order valence-corrected chi connectivity index (χ0v) is 9.30. The molecule has 0 saturated heterocycles. The molecule has 1 unspecified atom stereocenters. The Morgan fingerprint density at radius 1 is 1.41 bits per heavy atom. The molecule has 1 amide bonds. The molecule has 6 nitrogen and oxygen atoms in total. The van der Waals surface area contributed by atoms with Crippen LogP contribution in [0.1, 0.15) is 18.9 Å². The predicted octanol–water partition coefficient (Wildman–Crippen LogP) is 1.64. The van der Waals surface area contributed by atoms with E-state index in [1.807, 2.05) is 19.1 Å². The molecule has 1 atom stereocenters. The van der Waals surface area contributed by atoms with E-state index in [2.05, 4.69) is 21.2 Å². The average Bonchev–Trinajstić information content (AvgIpc) is 2.31. The van der Waals surface area contributed by atoms with Gasteiger partial charge in [0, 0.05) is 12.3 Å². The monoisotopic (exact) mass is 232 g/mol. The molecule has 1 aliphatic rings. The number of hydrogen-bond acceptors (Lipinski definition) is 4. The Labute approximate surface area is 98.0 Å². The third-order valence-corrected chi connectivity index (χ3v) is 2.61. The van der Waals surface area contributed by atoms with E-state index >= 15 is 0 Å². The smallest absolute Gasteiger partial charge is 0.240 e. The highest BCUT2D eigenvalue weighted by atomic mass is 16.3. The van der Waals surface area contributed by atoms with Gasteiger partial charge in [-0.2, -0.15) is 5.10 Å². The molecular weight excluding hydrogens is 220 g/mol. The summed E-state index contributed by atoms with van der Waals surface area (Å²) in [5.74, 6) is 0.0245. The van der Waals surface area contributed by atoms with Gasteiger partial charge >= 0.3 is 0 Å². The topological polar surface area (TPSA) is 82.9 Å². The van der Waals surface area contributed by atoms with Crippen molar-refractivity contribution >= 4 is 17.3 Å². The molecule has 1 aromatic rings. The first-order valence-corrected chi connectivity index (χ1v) is 5.26. The molecule has 0 bridgehead atoms. The number of anilines is 1. The van der Waals surface area contributed by atoms with Crippen LogP contribution in [0, 0.1) is 10.8 Å². The van der Waals surface area contributed by atoms with Gasteiger partial charge in [-0.25, -0.2) is 10.9 Å². The maximum Gasteiger partial charge on any atom is 0.240 e. The summed E-state index contributed by atoms with van der Waals surface area (Å²) >= 11 is 0. The van der Waals surface area contributed by atoms with Crippen LogP contribution in [0.2, 0.25) is 0 Å². The van der Waals surface area contributed by atoms with Crippen molar-refractivity contribution < 1.29 is 4.79 Å². The van der Waals surface area contributed by atoms with Crippen LogP contribution in [0.25, 0.3) is 0 Å². The predicted molar refractivity (Wildman–Crippen MR) is 64.3 cm³/mol. The highest BCUT2D eigenvalue weighted by molar-refractivity contribution is 6.05. The fourth-order valence-electron chi connectivity index (χ4n) is 1.77. The number of rotatable bonds is 3. The summed E-state index contributed by atoms with van der Waals surface area (Å²) in [6.07, 6.45) is 0.439. The van der Waals surface area contributed by atoms with E-state index in [9.17, 15) is 9.70 Å². The lowest BCUT2D eigenvalue weighted by Gasteiger charge is -2.19. The Hall–Kier alpha value is -2.24. The number of amides is 1. The SMILES string of the molecule is CC1CC(=O)NN=C1c1ccc(NN=O)cc1. The third kappa shape index (κ3) is 2.47. The number of nitrogens with zero attached hydrogens (tertiary/aromatic N) is 2. The number of nitroso groups, excluding NO2 is 1. The molecule has 0 aromatic heterocycles. The Morgan fingerprint density at radius 3 is 2.71 bits per heavy atom. The van der Waals surface area contributed by atoms with E-state index in [-0.39, 0.29) is 11.8 Å². The second kappa shape index (κ2) is 4.73. The second-order valence-electron chi connectivity index (χ2n) is 3.92. The lowest BCUT2D eigenvalue weighted by molar-refractivity contribution is -0.121. The van der Waals surface area contributed by atoms with Crippen LogP contribution in [-0.4, -0.2) is 11.6 Å². The summed E-state index contributed by atoms with van der Waals surface area (Å²) in [5, 5.41) is 6.63. The van der Waals surface area contributed by atoms with Gasteiger partial charge in [-0.1, -0.05) is 19.1 Å². The lowest BCUT2D eigenvalue weighted by atomic mass is 9.94. The van der Waals surface area contributed by atoms with Crippen molar-refractivity contribution in [2.24, 2.45) is 16.3 Å². The number of carbonyl (C=O) groups excluding carboxylic acids is 1. The summed E-state index contributed by atoms with van der Waals surface area (Å²) in [5.41, 5.74) is 7.17. The molecule has 0 radical (unpaired) electrons. The highest BCUT2D eigenvalue weighted by Crippen LogP contribution is 2.18. The van der Waals surface area contributed by atoms with Crippen molar-refractivity contribution in [2.75, 3.05) is 5.43 Å². The first-order valence-electron chi connectivity index (χ1n) is 5.26. The number of hydrogen-bond donors (Lipinski definition) is 2. The molecule has 0 fully saturated rings. The summed E-state index contributed by atoms with van der Waals surface area (Å²) in [7, 11) is 0.